The Labute approximate surface area is 107 Å². The minimum absolute atomic E-state index is 0.574. The van der Waals surface area contributed by atoms with Crippen molar-refractivity contribution < 1.29 is 0 Å². The lowest BCUT2D eigenvalue weighted by atomic mass is 10.1. The third-order valence-corrected chi connectivity index (χ3v) is 2.58. The molecule has 2 aromatic carbocycles. The standard InChI is InChI=1S/C16H16N2/c17-15(11-13-7-3-1-4-8-13)16(18)12-14-9-5-2-6-10-14/h1-12H,17-18H2/b15-11-,16-12-. The van der Waals surface area contributed by atoms with Gasteiger partial charge in [-0.15, -0.1) is 0 Å². The molecule has 18 heavy (non-hydrogen) atoms. The Kier molecular flexibility index (Phi) is 3.82. The van der Waals surface area contributed by atoms with Crippen LogP contribution in [-0.2, 0) is 0 Å². The summed E-state index contributed by atoms with van der Waals surface area (Å²) in [4.78, 5) is 0. The summed E-state index contributed by atoms with van der Waals surface area (Å²) in [6.07, 6.45) is 3.74. The number of hydrogen-bond acceptors (Lipinski definition) is 2. The van der Waals surface area contributed by atoms with Gasteiger partial charge < -0.3 is 11.5 Å². The van der Waals surface area contributed by atoms with Gasteiger partial charge in [-0.2, -0.15) is 0 Å². The molecule has 0 aliphatic rings. The van der Waals surface area contributed by atoms with Crippen molar-refractivity contribution in [1.82, 2.24) is 0 Å². The highest BCUT2D eigenvalue weighted by Gasteiger charge is 1.96. The van der Waals surface area contributed by atoms with Crippen molar-refractivity contribution in [1.29, 1.82) is 0 Å². The number of benzene rings is 2. The van der Waals surface area contributed by atoms with E-state index in [2.05, 4.69) is 0 Å². The first kappa shape index (κ1) is 12.0. The van der Waals surface area contributed by atoms with Gasteiger partial charge in [0.2, 0.25) is 0 Å². The van der Waals surface area contributed by atoms with E-state index in [1.807, 2.05) is 72.8 Å². The third-order valence-electron chi connectivity index (χ3n) is 2.58. The molecule has 2 nitrogen and oxygen atoms in total. The van der Waals surface area contributed by atoms with E-state index in [1.54, 1.807) is 0 Å². The quantitative estimate of drug-likeness (QED) is 0.805. The van der Waals surface area contributed by atoms with E-state index >= 15 is 0 Å². The van der Waals surface area contributed by atoms with Crippen LogP contribution in [0.5, 0.6) is 0 Å². The number of rotatable bonds is 3. The predicted octanol–water partition coefficient (Wildman–Crippen LogP) is 2.99. The van der Waals surface area contributed by atoms with Crippen molar-refractivity contribution >= 4 is 12.2 Å². The van der Waals surface area contributed by atoms with Crippen molar-refractivity contribution in [2.45, 2.75) is 0 Å². The molecule has 2 rings (SSSR count). The van der Waals surface area contributed by atoms with E-state index in [0.717, 1.165) is 11.1 Å². The maximum atomic E-state index is 5.96. The van der Waals surface area contributed by atoms with E-state index in [0.29, 0.717) is 11.4 Å². The summed E-state index contributed by atoms with van der Waals surface area (Å²) in [7, 11) is 0. The van der Waals surface area contributed by atoms with Gasteiger partial charge in [0.15, 0.2) is 0 Å². The normalized spacial score (nSPS) is 12.4. The van der Waals surface area contributed by atoms with Gasteiger partial charge in [0.25, 0.3) is 0 Å². The van der Waals surface area contributed by atoms with E-state index in [9.17, 15) is 0 Å². The second-order valence-corrected chi connectivity index (χ2v) is 4.02. The molecule has 0 aliphatic heterocycles. The van der Waals surface area contributed by atoms with Gasteiger partial charge in [-0.05, 0) is 23.3 Å². The van der Waals surface area contributed by atoms with E-state index in [-0.39, 0.29) is 0 Å². The molecular formula is C16H16N2. The van der Waals surface area contributed by atoms with Crippen LogP contribution in [0.1, 0.15) is 11.1 Å². The molecule has 0 fully saturated rings. The molecule has 2 heteroatoms. The van der Waals surface area contributed by atoms with Crippen LogP contribution in [0.4, 0.5) is 0 Å². The zero-order valence-electron chi connectivity index (χ0n) is 10.1. The van der Waals surface area contributed by atoms with Crippen LogP contribution in [0.3, 0.4) is 0 Å². The zero-order chi connectivity index (χ0) is 12.8. The monoisotopic (exact) mass is 236 g/mol. The lowest BCUT2D eigenvalue weighted by Gasteiger charge is -2.02. The molecule has 90 valence electrons. The number of nitrogens with two attached hydrogens (primary N) is 2. The van der Waals surface area contributed by atoms with Crippen molar-refractivity contribution in [3.63, 3.8) is 0 Å². The fourth-order valence-electron chi connectivity index (χ4n) is 1.62. The maximum Gasteiger partial charge on any atom is 0.0554 e. The van der Waals surface area contributed by atoms with Gasteiger partial charge >= 0.3 is 0 Å². The Balaban J connectivity index is 2.21. The number of hydrogen-bond donors (Lipinski definition) is 2. The van der Waals surface area contributed by atoms with Crippen molar-refractivity contribution in [2.75, 3.05) is 0 Å². The third kappa shape index (κ3) is 3.25. The minimum atomic E-state index is 0.574. The van der Waals surface area contributed by atoms with Crippen LogP contribution >= 0.6 is 0 Å². The van der Waals surface area contributed by atoms with E-state index in [4.69, 9.17) is 11.5 Å². The highest BCUT2D eigenvalue weighted by atomic mass is 14.7. The summed E-state index contributed by atoms with van der Waals surface area (Å²) in [5.41, 5.74) is 15.2. The molecule has 0 saturated carbocycles. The largest absolute Gasteiger partial charge is 0.397 e. The minimum Gasteiger partial charge on any atom is -0.397 e. The van der Waals surface area contributed by atoms with Gasteiger partial charge in [-0.25, -0.2) is 0 Å². The van der Waals surface area contributed by atoms with Crippen LogP contribution in [-0.4, -0.2) is 0 Å². The molecule has 0 unspecified atom stereocenters. The van der Waals surface area contributed by atoms with Crippen molar-refractivity contribution in [3.8, 4) is 0 Å². The van der Waals surface area contributed by atoms with Crippen LogP contribution in [0.15, 0.2) is 72.1 Å². The molecule has 0 spiro atoms. The van der Waals surface area contributed by atoms with Gasteiger partial charge in [0, 0.05) is 0 Å². The molecule has 0 radical (unpaired) electrons. The molecule has 2 aromatic rings. The van der Waals surface area contributed by atoms with Crippen molar-refractivity contribution in [3.05, 3.63) is 83.2 Å². The fraction of sp³-hybridized carbons (Fsp3) is 0. The Morgan fingerprint density at radius 2 is 0.944 bits per heavy atom. The lowest BCUT2D eigenvalue weighted by molar-refractivity contribution is 1.28. The zero-order valence-corrected chi connectivity index (χ0v) is 10.1. The Morgan fingerprint density at radius 1 is 0.611 bits per heavy atom. The topological polar surface area (TPSA) is 52.0 Å². The van der Waals surface area contributed by atoms with Crippen LogP contribution in [0, 0.1) is 0 Å². The highest BCUT2D eigenvalue weighted by molar-refractivity contribution is 5.64. The average Bonchev–Trinajstić information content (AvgIpc) is 2.41. The van der Waals surface area contributed by atoms with E-state index in [1.165, 1.54) is 0 Å². The summed E-state index contributed by atoms with van der Waals surface area (Å²) in [6.45, 7) is 0. The molecular weight excluding hydrogens is 220 g/mol. The highest BCUT2D eigenvalue weighted by Crippen LogP contribution is 2.10. The summed E-state index contributed by atoms with van der Waals surface area (Å²) in [5.74, 6) is 0. The van der Waals surface area contributed by atoms with Gasteiger partial charge in [0.1, 0.15) is 0 Å². The molecule has 0 aliphatic carbocycles. The summed E-state index contributed by atoms with van der Waals surface area (Å²) in [5, 5.41) is 0. The second-order valence-electron chi connectivity index (χ2n) is 4.02. The van der Waals surface area contributed by atoms with E-state index < -0.39 is 0 Å². The van der Waals surface area contributed by atoms with Crippen molar-refractivity contribution in [2.24, 2.45) is 11.5 Å². The smallest absolute Gasteiger partial charge is 0.0554 e. The fourth-order valence-corrected chi connectivity index (χ4v) is 1.62. The van der Waals surface area contributed by atoms with Gasteiger partial charge in [-0.3, -0.25) is 0 Å². The molecule has 0 bridgehead atoms. The van der Waals surface area contributed by atoms with Crippen LogP contribution in [0.25, 0.3) is 12.2 Å². The molecule has 0 atom stereocenters. The first-order valence-electron chi connectivity index (χ1n) is 5.80. The van der Waals surface area contributed by atoms with Gasteiger partial charge in [0.05, 0.1) is 11.4 Å². The average molecular weight is 236 g/mol. The summed E-state index contributed by atoms with van der Waals surface area (Å²) < 4.78 is 0. The lowest BCUT2D eigenvalue weighted by Crippen LogP contribution is -2.08. The van der Waals surface area contributed by atoms with Crippen LogP contribution < -0.4 is 11.5 Å². The summed E-state index contributed by atoms with van der Waals surface area (Å²) >= 11 is 0. The maximum absolute atomic E-state index is 5.96. The Hall–Kier alpha value is -2.48. The first-order chi connectivity index (χ1) is 8.75. The molecule has 0 aromatic heterocycles. The Bertz CT molecular complexity index is 501. The van der Waals surface area contributed by atoms with Gasteiger partial charge in [-0.1, -0.05) is 60.7 Å². The molecule has 0 heterocycles. The predicted molar refractivity (Wildman–Crippen MR) is 77.2 cm³/mol. The molecule has 0 saturated heterocycles. The SMILES string of the molecule is NC(=C\c1ccccc1)/C(N)=C/c1ccccc1. The second kappa shape index (κ2) is 5.73. The Morgan fingerprint density at radius 3 is 1.28 bits per heavy atom. The molecule has 0 amide bonds. The molecule has 4 N–H and O–H groups in total. The summed E-state index contributed by atoms with van der Waals surface area (Å²) in [6, 6.07) is 19.8. The van der Waals surface area contributed by atoms with Crippen LogP contribution in [0.2, 0.25) is 0 Å². The first-order valence-corrected chi connectivity index (χ1v) is 5.80.